The number of fused-ring (bicyclic) bond motifs is 1. The molecule has 1 aliphatic heterocycles. The Bertz CT molecular complexity index is 1270. The van der Waals surface area contributed by atoms with Crippen LogP contribution in [0.1, 0.15) is 10.4 Å². The van der Waals surface area contributed by atoms with Crippen LogP contribution in [0.3, 0.4) is 0 Å². The minimum absolute atomic E-state index is 0.104. The van der Waals surface area contributed by atoms with Gasteiger partial charge < -0.3 is 14.9 Å². The van der Waals surface area contributed by atoms with Crippen molar-refractivity contribution < 1.29 is 14.5 Å². The van der Waals surface area contributed by atoms with Gasteiger partial charge in [0.25, 0.3) is 11.6 Å². The molecule has 4 aromatic rings. The van der Waals surface area contributed by atoms with Gasteiger partial charge in [-0.1, -0.05) is 12.1 Å². The molecule has 1 amide bonds. The Labute approximate surface area is 187 Å². The molecule has 1 fully saturated rings. The Morgan fingerprint density at radius 1 is 0.844 bits per heavy atom. The second-order valence-corrected chi connectivity index (χ2v) is 8.49. The second-order valence-electron chi connectivity index (χ2n) is 8.49. The molecule has 6 heteroatoms. The number of carbonyl (C=O) groups excluding carboxylic acids is 1. The SMILES string of the molecule is CN1CCN(C(=O)c2ccc(-c3ccc4n(c3)c(-c3ccc(O)cc3)c[n+]4C)cc2)CC1. The van der Waals surface area contributed by atoms with Crippen molar-refractivity contribution in [1.82, 2.24) is 14.2 Å². The molecule has 6 nitrogen and oxygen atoms in total. The van der Waals surface area contributed by atoms with Gasteiger partial charge in [0.15, 0.2) is 5.69 Å². The van der Waals surface area contributed by atoms with Gasteiger partial charge in [0, 0.05) is 48.9 Å². The number of nitrogens with zero attached hydrogens (tertiary/aromatic N) is 4. The molecule has 162 valence electrons. The molecule has 0 unspecified atom stereocenters. The van der Waals surface area contributed by atoms with E-state index in [4.69, 9.17) is 0 Å². The fraction of sp³-hybridized carbons (Fsp3) is 0.231. The van der Waals surface area contributed by atoms with Crippen LogP contribution in [0.5, 0.6) is 5.75 Å². The van der Waals surface area contributed by atoms with Gasteiger partial charge in [0.05, 0.1) is 7.05 Å². The molecule has 5 rings (SSSR count). The van der Waals surface area contributed by atoms with Crippen molar-refractivity contribution >= 4 is 11.6 Å². The number of amides is 1. The normalized spacial score (nSPS) is 14.8. The van der Waals surface area contributed by atoms with Crippen molar-refractivity contribution in [1.29, 1.82) is 0 Å². The summed E-state index contributed by atoms with van der Waals surface area (Å²) in [5, 5.41) is 9.63. The topological polar surface area (TPSA) is 52.1 Å². The molecular weight excluding hydrogens is 400 g/mol. The quantitative estimate of drug-likeness (QED) is 0.511. The molecule has 0 bridgehead atoms. The average Bonchev–Trinajstić information content (AvgIpc) is 3.15. The number of aryl methyl sites for hydroxylation is 1. The van der Waals surface area contributed by atoms with Gasteiger partial charge in [-0.15, -0.1) is 0 Å². The van der Waals surface area contributed by atoms with Gasteiger partial charge in [-0.25, -0.2) is 4.57 Å². The number of phenols is 1. The van der Waals surface area contributed by atoms with Crippen LogP contribution in [0.25, 0.3) is 28.0 Å². The number of benzene rings is 2. The monoisotopic (exact) mass is 427 g/mol. The first kappa shape index (κ1) is 20.3. The summed E-state index contributed by atoms with van der Waals surface area (Å²) in [6.45, 7) is 3.39. The smallest absolute Gasteiger partial charge is 0.286 e. The first-order chi connectivity index (χ1) is 15.5. The standard InChI is InChI=1S/C26H26N4O2/c1-27-13-15-29(16-14-27)26(32)21-5-3-19(4-6-21)22-9-12-25-28(2)18-24(30(25)17-22)20-7-10-23(31)11-8-20/h3-12,17-18H,13-16H2,1-2H3/p+1. The van der Waals surface area contributed by atoms with Gasteiger partial charge in [-0.3, -0.25) is 4.79 Å². The average molecular weight is 428 g/mol. The van der Waals surface area contributed by atoms with Crippen molar-refractivity contribution in [2.75, 3.05) is 33.2 Å². The van der Waals surface area contributed by atoms with E-state index >= 15 is 0 Å². The number of piperazine rings is 1. The Morgan fingerprint density at radius 2 is 1.47 bits per heavy atom. The van der Waals surface area contributed by atoms with E-state index in [2.05, 4.69) is 45.4 Å². The first-order valence-corrected chi connectivity index (χ1v) is 10.9. The number of carbonyl (C=O) groups is 1. The van der Waals surface area contributed by atoms with Gasteiger partial charge >= 0.3 is 0 Å². The summed E-state index contributed by atoms with van der Waals surface area (Å²) in [4.78, 5) is 17.0. The molecule has 0 aliphatic carbocycles. The van der Waals surface area contributed by atoms with E-state index in [1.807, 2.05) is 48.3 Å². The molecule has 1 saturated heterocycles. The van der Waals surface area contributed by atoms with Gasteiger partial charge in [-0.05, 0) is 55.1 Å². The van der Waals surface area contributed by atoms with Crippen LogP contribution in [0.15, 0.2) is 73.1 Å². The van der Waals surface area contributed by atoms with Gasteiger partial charge in [0.2, 0.25) is 0 Å². The summed E-state index contributed by atoms with van der Waals surface area (Å²) in [7, 11) is 4.11. The number of rotatable bonds is 3. The Hall–Kier alpha value is -3.64. The number of likely N-dealkylation sites (N-methyl/N-ethyl adjacent to an activating group) is 1. The summed E-state index contributed by atoms with van der Waals surface area (Å²) in [6.07, 6.45) is 4.21. The minimum atomic E-state index is 0.104. The minimum Gasteiger partial charge on any atom is -0.508 e. The van der Waals surface area contributed by atoms with E-state index < -0.39 is 0 Å². The van der Waals surface area contributed by atoms with E-state index in [9.17, 15) is 9.90 Å². The Kier molecular flexibility index (Phi) is 5.15. The predicted molar refractivity (Wildman–Crippen MR) is 125 cm³/mol. The number of phenolic OH excluding ortho intramolecular Hbond substituents is 1. The zero-order valence-electron chi connectivity index (χ0n) is 18.4. The number of hydrogen-bond acceptors (Lipinski definition) is 3. The summed E-state index contributed by atoms with van der Waals surface area (Å²) in [6, 6.07) is 19.3. The lowest BCUT2D eigenvalue weighted by Crippen LogP contribution is -2.47. The van der Waals surface area contributed by atoms with E-state index in [0.717, 1.165) is 59.8 Å². The van der Waals surface area contributed by atoms with Gasteiger partial charge in [-0.2, -0.15) is 4.40 Å². The Balaban J connectivity index is 1.45. The maximum Gasteiger partial charge on any atom is 0.286 e. The highest BCUT2D eigenvalue weighted by molar-refractivity contribution is 5.94. The number of aromatic hydroxyl groups is 1. The van der Waals surface area contributed by atoms with E-state index in [1.54, 1.807) is 12.1 Å². The summed E-state index contributed by atoms with van der Waals surface area (Å²) in [5.74, 6) is 0.359. The van der Waals surface area contributed by atoms with Crippen LogP contribution < -0.4 is 4.57 Å². The van der Waals surface area contributed by atoms with Crippen molar-refractivity contribution in [3.8, 4) is 28.1 Å². The molecule has 0 spiro atoms. The fourth-order valence-electron chi connectivity index (χ4n) is 4.30. The molecule has 1 N–H and O–H groups in total. The zero-order valence-corrected chi connectivity index (χ0v) is 18.4. The summed E-state index contributed by atoms with van der Waals surface area (Å²) < 4.78 is 4.24. The van der Waals surface area contributed by atoms with Crippen LogP contribution in [-0.4, -0.2) is 58.4 Å². The first-order valence-electron chi connectivity index (χ1n) is 10.9. The van der Waals surface area contributed by atoms with Crippen molar-refractivity contribution in [3.05, 3.63) is 78.6 Å². The third kappa shape index (κ3) is 3.74. The van der Waals surface area contributed by atoms with Crippen molar-refractivity contribution in [2.24, 2.45) is 7.05 Å². The highest BCUT2D eigenvalue weighted by atomic mass is 16.3. The van der Waals surface area contributed by atoms with E-state index in [1.165, 1.54) is 0 Å². The molecule has 0 atom stereocenters. The predicted octanol–water partition coefficient (Wildman–Crippen LogP) is 3.19. The van der Waals surface area contributed by atoms with Crippen molar-refractivity contribution in [2.45, 2.75) is 0 Å². The largest absolute Gasteiger partial charge is 0.508 e. The van der Waals surface area contributed by atoms with E-state index in [-0.39, 0.29) is 11.7 Å². The second kappa shape index (κ2) is 8.13. The third-order valence-corrected chi connectivity index (χ3v) is 6.28. The van der Waals surface area contributed by atoms with Crippen molar-refractivity contribution in [3.63, 3.8) is 0 Å². The van der Waals surface area contributed by atoms with Crippen LogP contribution in [0.2, 0.25) is 0 Å². The van der Waals surface area contributed by atoms with Gasteiger partial charge in [0.1, 0.15) is 18.1 Å². The Morgan fingerprint density at radius 3 is 2.16 bits per heavy atom. The number of pyridine rings is 1. The van der Waals surface area contributed by atoms with Crippen LogP contribution >= 0.6 is 0 Å². The molecule has 0 radical (unpaired) electrons. The molecule has 0 saturated carbocycles. The molecule has 32 heavy (non-hydrogen) atoms. The molecule has 3 heterocycles. The molecule has 1 aliphatic rings. The fourth-order valence-corrected chi connectivity index (χ4v) is 4.30. The number of aromatic nitrogens is 2. The van der Waals surface area contributed by atoms with Crippen LogP contribution in [-0.2, 0) is 7.05 Å². The van der Waals surface area contributed by atoms with Crippen LogP contribution in [0, 0.1) is 0 Å². The summed E-state index contributed by atoms with van der Waals surface area (Å²) in [5.41, 5.74) is 6.02. The number of hydrogen-bond donors (Lipinski definition) is 1. The molecular formula is C26H27N4O2+. The third-order valence-electron chi connectivity index (χ3n) is 6.28. The lowest BCUT2D eigenvalue weighted by atomic mass is 10.0. The maximum absolute atomic E-state index is 12.8. The lowest BCUT2D eigenvalue weighted by molar-refractivity contribution is -0.644. The number of imidazole rings is 1. The highest BCUT2D eigenvalue weighted by Gasteiger charge is 2.21. The van der Waals surface area contributed by atoms with E-state index in [0.29, 0.717) is 0 Å². The molecule has 2 aromatic heterocycles. The van der Waals surface area contributed by atoms with Crippen LogP contribution in [0.4, 0.5) is 0 Å². The molecule has 2 aromatic carbocycles. The maximum atomic E-state index is 12.8. The summed E-state index contributed by atoms with van der Waals surface area (Å²) >= 11 is 0. The zero-order chi connectivity index (χ0) is 22.2. The highest BCUT2D eigenvalue weighted by Crippen LogP contribution is 2.26. The lowest BCUT2D eigenvalue weighted by Gasteiger charge is -2.32.